The summed E-state index contributed by atoms with van der Waals surface area (Å²) in [6.45, 7) is 5.14. The number of nitrogens with one attached hydrogen (secondary N) is 2. The molecule has 0 saturated carbocycles. The minimum absolute atomic E-state index is 0.0936. The number of amides is 2. The van der Waals surface area contributed by atoms with E-state index in [1.807, 2.05) is 4.90 Å². The summed E-state index contributed by atoms with van der Waals surface area (Å²) in [6.07, 6.45) is 8.67. The Bertz CT molecular complexity index is 421. The van der Waals surface area contributed by atoms with Crippen LogP contribution < -0.4 is 10.6 Å². The van der Waals surface area contributed by atoms with E-state index >= 15 is 0 Å². The van der Waals surface area contributed by atoms with Crippen molar-refractivity contribution in [1.29, 1.82) is 0 Å². The summed E-state index contributed by atoms with van der Waals surface area (Å²) >= 11 is 0. The standard InChI is InChI=1S/C15H23N3O/c1-11-2-3-14-12(10-11)6-9-18(15(19)17-14)13-4-7-16-8-5-13/h3,10-11,13,16H,2,4-9H2,1H3,(H,17,19). The first-order valence-electron chi connectivity index (χ1n) is 7.43. The molecule has 0 aromatic rings. The Balaban J connectivity index is 1.75. The zero-order valence-corrected chi connectivity index (χ0v) is 11.6. The number of rotatable bonds is 1. The van der Waals surface area contributed by atoms with Gasteiger partial charge in [0.2, 0.25) is 0 Å². The quantitative estimate of drug-likeness (QED) is 0.758. The minimum atomic E-state index is 0.0936. The molecule has 4 heteroatoms. The highest BCUT2D eigenvalue weighted by Crippen LogP contribution is 2.27. The fourth-order valence-corrected chi connectivity index (χ4v) is 3.28. The molecule has 19 heavy (non-hydrogen) atoms. The van der Waals surface area contributed by atoms with Gasteiger partial charge in [0.25, 0.3) is 0 Å². The van der Waals surface area contributed by atoms with Crippen LogP contribution >= 0.6 is 0 Å². The molecule has 0 aromatic carbocycles. The summed E-state index contributed by atoms with van der Waals surface area (Å²) in [5.74, 6) is 0.598. The first-order chi connectivity index (χ1) is 9.24. The summed E-state index contributed by atoms with van der Waals surface area (Å²) < 4.78 is 0. The molecule has 1 atom stereocenters. The van der Waals surface area contributed by atoms with Crippen LogP contribution in [0.4, 0.5) is 4.79 Å². The lowest BCUT2D eigenvalue weighted by Gasteiger charge is -2.33. The Morgan fingerprint density at radius 2 is 2.11 bits per heavy atom. The summed E-state index contributed by atoms with van der Waals surface area (Å²) in [5.41, 5.74) is 2.38. The van der Waals surface area contributed by atoms with Crippen LogP contribution in [-0.2, 0) is 0 Å². The van der Waals surface area contributed by atoms with E-state index in [4.69, 9.17) is 0 Å². The Kier molecular flexibility index (Phi) is 3.60. The molecule has 2 fully saturated rings. The molecular weight excluding hydrogens is 238 g/mol. The van der Waals surface area contributed by atoms with Crippen LogP contribution in [0.25, 0.3) is 0 Å². The highest BCUT2D eigenvalue weighted by Gasteiger charge is 2.29. The van der Waals surface area contributed by atoms with Gasteiger partial charge in [-0.05, 0) is 50.3 Å². The Morgan fingerprint density at radius 1 is 1.32 bits per heavy atom. The minimum Gasteiger partial charge on any atom is -0.321 e. The molecule has 0 aromatic heterocycles. The SMILES string of the molecule is CC1C=C2CCN(C3CCNCC3)C(=O)NC2=CC1. The summed E-state index contributed by atoms with van der Waals surface area (Å²) in [7, 11) is 0. The van der Waals surface area contributed by atoms with Gasteiger partial charge < -0.3 is 15.5 Å². The second kappa shape index (κ2) is 5.37. The number of fused-ring (bicyclic) bond motifs is 1. The average molecular weight is 261 g/mol. The zero-order chi connectivity index (χ0) is 13.2. The highest BCUT2D eigenvalue weighted by atomic mass is 16.2. The van der Waals surface area contributed by atoms with E-state index in [1.165, 1.54) is 5.57 Å². The Hall–Kier alpha value is -1.29. The first-order valence-corrected chi connectivity index (χ1v) is 7.43. The van der Waals surface area contributed by atoms with Gasteiger partial charge in [0.1, 0.15) is 0 Å². The molecule has 0 radical (unpaired) electrons. The molecule has 3 aliphatic rings. The van der Waals surface area contributed by atoms with Crippen LogP contribution in [0, 0.1) is 5.92 Å². The highest BCUT2D eigenvalue weighted by molar-refractivity contribution is 5.78. The summed E-state index contributed by atoms with van der Waals surface area (Å²) in [4.78, 5) is 14.4. The maximum absolute atomic E-state index is 12.4. The maximum Gasteiger partial charge on any atom is 0.322 e. The fourth-order valence-electron chi connectivity index (χ4n) is 3.28. The van der Waals surface area contributed by atoms with E-state index in [2.05, 4.69) is 29.7 Å². The van der Waals surface area contributed by atoms with Gasteiger partial charge in [0.05, 0.1) is 0 Å². The lowest BCUT2D eigenvalue weighted by molar-refractivity contribution is 0.165. The lowest BCUT2D eigenvalue weighted by atomic mass is 9.93. The second-order valence-electron chi connectivity index (χ2n) is 5.88. The third-order valence-electron chi connectivity index (χ3n) is 4.40. The molecule has 1 unspecified atom stereocenters. The topological polar surface area (TPSA) is 44.4 Å². The van der Waals surface area contributed by atoms with Crippen molar-refractivity contribution in [2.75, 3.05) is 19.6 Å². The smallest absolute Gasteiger partial charge is 0.321 e. The van der Waals surface area contributed by atoms with Crippen LogP contribution in [0.1, 0.15) is 32.6 Å². The van der Waals surface area contributed by atoms with Crippen molar-refractivity contribution in [2.45, 2.75) is 38.6 Å². The van der Waals surface area contributed by atoms with Crippen LogP contribution in [0.15, 0.2) is 23.4 Å². The number of hydrogen-bond donors (Lipinski definition) is 2. The van der Waals surface area contributed by atoms with E-state index in [9.17, 15) is 4.79 Å². The molecule has 2 aliphatic heterocycles. The molecule has 2 saturated heterocycles. The normalized spacial score (nSPS) is 29.0. The largest absolute Gasteiger partial charge is 0.322 e. The van der Waals surface area contributed by atoms with Crippen LogP contribution in [-0.4, -0.2) is 36.6 Å². The number of carbonyl (C=O) groups is 1. The third kappa shape index (κ3) is 2.68. The third-order valence-corrected chi connectivity index (χ3v) is 4.40. The van der Waals surface area contributed by atoms with Gasteiger partial charge in [0, 0.05) is 18.3 Å². The van der Waals surface area contributed by atoms with Gasteiger partial charge in [-0.1, -0.05) is 19.1 Å². The van der Waals surface area contributed by atoms with Gasteiger partial charge in [0.15, 0.2) is 0 Å². The monoisotopic (exact) mass is 261 g/mol. The van der Waals surface area contributed by atoms with Crippen molar-refractivity contribution in [1.82, 2.24) is 15.5 Å². The lowest BCUT2D eigenvalue weighted by Crippen LogP contribution is -2.48. The number of piperidine rings is 1. The molecule has 2 N–H and O–H groups in total. The summed E-state index contributed by atoms with van der Waals surface area (Å²) in [5, 5.41) is 6.47. The van der Waals surface area contributed by atoms with E-state index in [0.717, 1.165) is 51.0 Å². The maximum atomic E-state index is 12.4. The van der Waals surface area contributed by atoms with Crippen molar-refractivity contribution >= 4 is 6.03 Å². The van der Waals surface area contributed by atoms with E-state index < -0.39 is 0 Å². The molecule has 104 valence electrons. The average Bonchev–Trinajstić information content (AvgIpc) is 2.58. The van der Waals surface area contributed by atoms with Crippen molar-refractivity contribution in [3.8, 4) is 0 Å². The van der Waals surface area contributed by atoms with Crippen molar-refractivity contribution in [3.05, 3.63) is 23.4 Å². The van der Waals surface area contributed by atoms with Crippen LogP contribution in [0.5, 0.6) is 0 Å². The van der Waals surface area contributed by atoms with Crippen LogP contribution in [0.3, 0.4) is 0 Å². The Morgan fingerprint density at radius 3 is 2.89 bits per heavy atom. The van der Waals surface area contributed by atoms with Gasteiger partial charge in [-0.15, -0.1) is 0 Å². The number of urea groups is 1. The predicted molar refractivity (Wildman–Crippen MR) is 75.7 cm³/mol. The van der Waals surface area contributed by atoms with Crippen molar-refractivity contribution in [2.24, 2.45) is 5.92 Å². The van der Waals surface area contributed by atoms with E-state index in [1.54, 1.807) is 0 Å². The van der Waals surface area contributed by atoms with Gasteiger partial charge in [-0.3, -0.25) is 0 Å². The van der Waals surface area contributed by atoms with Crippen LogP contribution in [0.2, 0.25) is 0 Å². The van der Waals surface area contributed by atoms with E-state index in [0.29, 0.717) is 12.0 Å². The molecule has 1 aliphatic carbocycles. The van der Waals surface area contributed by atoms with Gasteiger partial charge >= 0.3 is 6.03 Å². The predicted octanol–water partition coefficient (Wildman–Crippen LogP) is 2.00. The van der Waals surface area contributed by atoms with Gasteiger partial charge in [-0.2, -0.15) is 0 Å². The van der Waals surface area contributed by atoms with Gasteiger partial charge in [-0.25, -0.2) is 4.79 Å². The second-order valence-corrected chi connectivity index (χ2v) is 5.88. The fraction of sp³-hybridized carbons (Fsp3) is 0.667. The molecular formula is C15H23N3O. The molecule has 2 heterocycles. The number of nitrogens with zero attached hydrogens (tertiary/aromatic N) is 1. The number of allylic oxidation sites excluding steroid dienone is 3. The number of carbonyl (C=O) groups excluding carboxylic acids is 1. The molecule has 2 amide bonds. The van der Waals surface area contributed by atoms with E-state index in [-0.39, 0.29) is 6.03 Å². The zero-order valence-electron chi connectivity index (χ0n) is 11.6. The molecule has 0 spiro atoms. The first kappa shape index (κ1) is 12.7. The van der Waals surface area contributed by atoms with Crippen molar-refractivity contribution < 1.29 is 4.79 Å². The Labute approximate surface area is 114 Å². The molecule has 3 rings (SSSR count). The molecule has 4 nitrogen and oxygen atoms in total. The summed E-state index contributed by atoms with van der Waals surface area (Å²) in [6, 6.07) is 0.496. The number of hydrogen-bond acceptors (Lipinski definition) is 2. The molecule has 0 bridgehead atoms. The van der Waals surface area contributed by atoms with Crippen molar-refractivity contribution in [3.63, 3.8) is 0 Å².